The van der Waals surface area contributed by atoms with Gasteiger partial charge in [0.2, 0.25) is 0 Å². The number of fused-ring (bicyclic) bond motifs is 13. The van der Waals surface area contributed by atoms with E-state index in [0.717, 1.165) is 0 Å². The molecule has 251 valence electrons. The highest BCUT2D eigenvalue weighted by molar-refractivity contribution is 7.26. The molecule has 2 aliphatic heterocycles. The summed E-state index contributed by atoms with van der Waals surface area (Å²) in [6, 6.07) is 32.8. The number of nitrogens with one attached hydrogen (secondary N) is 1. The maximum Gasteiger partial charge on any atom is 0.197 e. The first-order valence-electron chi connectivity index (χ1n) is 19.0. The molecule has 1 radical (unpaired) electrons. The van der Waals surface area contributed by atoms with Gasteiger partial charge < -0.3 is 9.88 Å². The standard InChI is InChI=1S/C47H44BN2S/c1-44(2,3)26-23-33-42-34(24-26)48-39-35(50(42)47(7)22-13-12-21-46(33,47)6)25-31-27-15-8-10-19-32(27)45(4,5)38(31)37(39)29-17-14-18-30-40(29)49-41-28-16-9-11-20-36(28)51-43(30)41/h8-11,14-20,23-25,49H,12-13,21-22H2,1-7H3. The summed E-state index contributed by atoms with van der Waals surface area (Å²) in [5, 5.41) is 2.64. The molecule has 4 aliphatic rings. The molecule has 5 aromatic carbocycles. The highest BCUT2D eigenvalue weighted by Crippen LogP contribution is 2.63. The van der Waals surface area contributed by atoms with Crippen molar-refractivity contribution in [1.29, 1.82) is 0 Å². The number of hydrogen-bond acceptors (Lipinski definition) is 2. The third-order valence-electron chi connectivity index (χ3n) is 13.9. The van der Waals surface area contributed by atoms with Gasteiger partial charge in [-0.25, -0.2) is 0 Å². The molecule has 1 saturated carbocycles. The normalized spacial score (nSPS) is 22.5. The van der Waals surface area contributed by atoms with Crippen molar-refractivity contribution >= 4 is 72.1 Å². The van der Waals surface area contributed by atoms with E-state index in [1.807, 2.05) is 11.3 Å². The first-order chi connectivity index (χ1) is 24.4. The van der Waals surface area contributed by atoms with Crippen molar-refractivity contribution in [3.63, 3.8) is 0 Å². The van der Waals surface area contributed by atoms with E-state index in [-0.39, 0.29) is 21.8 Å². The van der Waals surface area contributed by atoms with Gasteiger partial charge in [-0.15, -0.1) is 11.3 Å². The zero-order valence-corrected chi connectivity index (χ0v) is 31.7. The van der Waals surface area contributed by atoms with Crippen LogP contribution in [0.5, 0.6) is 0 Å². The summed E-state index contributed by atoms with van der Waals surface area (Å²) in [6.07, 6.45) is 5.00. The number of H-pyrrole nitrogens is 1. The number of aromatic nitrogens is 1. The summed E-state index contributed by atoms with van der Waals surface area (Å²) in [5.74, 6) is 0. The Balaban J connectivity index is 1.29. The largest absolute Gasteiger partial charge is 0.353 e. The molecule has 2 nitrogen and oxygen atoms in total. The first-order valence-corrected chi connectivity index (χ1v) is 19.8. The van der Waals surface area contributed by atoms with Gasteiger partial charge in [-0.3, -0.25) is 0 Å². The van der Waals surface area contributed by atoms with Crippen molar-refractivity contribution in [2.24, 2.45) is 0 Å². The number of para-hydroxylation sites is 1. The molecule has 1 N–H and O–H groups in total. The molecule has 11 rings (SSSR count). The first kappa shape index (κ1) is 30.4. The highest BCUT2D eigenvalue weighted by Gasteiger charge is 2.60. The van der Waals surface area contributed by atoms with Crippen LogP contribution in [0.25, 0.3) is 53.5 Å². The van der Waals surface area contributed by atoms with Crippen LogP contribution in [0.15, 0.2) is 84.9 Å². The number of anilines is 2. The monoisotopic (exact) mass is 679 g/mol. The molecule has 0 spiro atoms. The molecule has 51 heavy (non-hydrogen) atoms. The summed E-state index contributed by atoms with van der Waals surface area (Å²) in [7, 11) is 2.60. The summed E-state index contributed by atoms with van der Waals surface area (Å²) in [6.45, 7) is 17.2. The van der Waals surface area contributed by atoms with E-state index in [1.54, 1.807) is 5.56 Å². The maximum absolute atomic E-state index is 4.04. The molecule has 1 fully saturated rings. The lowest BCUT2D eigenvalue weighted by Crippen LogP contribution is -2.57. The van der Waals surface area contributed by atoms with E-state index in [2.05, 4.69) is 151 Å². The van der Waals surface area contributed by atoms with Crippen LogP contribution in [0.2, 0.25) is 0 Å². The van der Waals surface area contributed by atoms with Crippen molar-refractivity contribution in [2.45, 2.75) is 95.9 Å². The van der Waals surface area contributed by atoms with Crippen molar-refractivity contribution in [3.05, 3.63) is 107 Å². The average Bonchev–Trinajstić information content (AvgIpc) is 3.78. The zero-order chi connectivity index (χ0) is 34.8. The van der Waals surface area contributed by atoms with E-state index in [1.165, 1.54) is 118 Å². The SMILES string of the molecule is CC(C)(C)c1cc2c3c(c1)C1(C)CCCCC1(C)N3c1cc3c(c(-c4cccc5c4[nH]c4c6ccccc6sc54)c1[B]2)C(C)(C)c1ccccc1-3. The summed E-state index contributed by atoms with van der Waals surface area (Å²) >= 11 is 1.92. The van der Waals surface area contributed by atoms with Crippen LogP contribution < -0.4 is 15.8 Å². The van der Waals surface area contributed by atoms with Crippen LogP contribution in [0, 0.1) is 0 Å². The van der Waals surface area contributed by atoms with Gasteiger partial charge in [0.15, 0.2) is 7.28 Å². The molecule has 2 unspecified atom stereocenters. The van der Waals surface area contributed by atoms with E-state index < -0.39 is 0 Å². The van der Waals surface area contributed by atoms with Crippen LogP contribution in [0.1, 0.15) is 96.4 Å². The van der Waals surface area contributed by atoms with Gasteiger partial charge in [-0.2, -0.15) is 0 Å². The number of benzene rings is 5. The third-order valence-corrected chi connectivity index (χ3v) is 15.1. The zero-order valence-electron chi connectivity index (χ0n) is 30.8. The molecule has 0 amide bonds. The Morgan fingerprint density at radius 1 is 0.745 bits per heavy atom. The quantitative estimate of drug-likeness (QED) is 0.171. The van der Waals surface area contributed by atoms with E-state index in [4.69, 9.17) is 0 Å². The highest BCUT2D eigenvalue weighted by atomic mass is 32.1. The van der Waals surface area contributed by atoms with Gasteiger partial charge in [-0.1, -0.05) is 138 Å². The average molecular weight is 680 g/mol. The van der Waals surface area contributed by atoms with Gasteiger partial charge in [0.1, 0.15) is 0 Å². The molecule has 7 aromatic rings. The Morgan fingerprint density at radius 2 is 1.49 bits per heavy atom. The lowest BCUT2D eigenvalue weighted by Gasteiger charge is -2.51. The van der Waals surface area contributed by atoms with Crippen molar-refractivity contribution in [3.8, 4) is 22.3 Å². The lowest BCUT2D eigenvalue weighted by molar-refractivity contribution is 0.195. The smallest absolute Gasteiger partial charge is 0.197 e. The maximum atomic E-state index is 4.04. The number of rotatable bonds is 1. The molecule has 0 bridgehead atoms. The van der Waals surface area contributed by atoms with Crippen LogP contribution in [-0.4, -0.2) is 17.8 Å². The van der Waals surface area contributed by atoms with Crippen LogP contribution in [0.4, 0.5) is 11.4 Å². The van der Waals surface area contributed by atoms with Gasteiger partial charge in [0, 0.05) is 43.2 Å². The molecule has 4 heterocycles. The van der Waals surface area contributed by atoms with Crippen LogP contribution in [-0.2, 0) is 16.2 Å². The molecule has 0 saturated heterocycles. The Kier molecular flexibility index (Phi) is 5.70. The predicted molar refractivity (Wildman–Crippen MR) is 221 cm³/mol. The number of hydrogen-bond donors (Lipinski definition) is 1. The lowest BCUT2D eigenvalue weighted by atomic mass is 9.56. The van der Waals surface area contributed by atoms with E-state index >= 15 is 0 Å². The van der Waals surface area contributed by atoms with Crippen molar-refractivity contribution in [2.75, 3.05) is 4.90 Å². The van der Waals surface area contributed by atoms with Gasteiger partial charge >= 0.3 is 0 Å². The molecule has 2 aromatic heterocycles. The number of aromatic amines is 1. The molecular formula is C47H44BN2S. The Bertz CT molecular complexity index is 2680. The summed E-state index contributed by atoms with van der Waals surface area (Å²) in [5.41, 5.74) is 19.5. The minimum Gasteiger partial charge on any atom is -0.353 e. The predicted octanol–water partition coefficient (Wildman–Crippen LogP) is 11.5. The van der Waals surface area contributed by atoms with Gasteiger partial charge in [0.05, 0.1) is 21.3 Å². The minimum atomic E-state index is -0.157. The minimum absolute atomic E-state index is 0.0129. The van der Waals surface area contributed by atoms with E-state index in [9.17, 15) is 0 Å². The van der Waals surface area contributed by atoms with Crippen LogP contribution >= 0.6 is 11.3 Å². The molecule has 2 aliphatic carbocycles. The molecule has 4 heteroatoms. The van der Waals surface area contributed by atoms with Crippen molar-refractivity contribution < 1.29 is 0 Å². The molecule has 2 atom stereocenters. The van der Waals surface area contributed by atoms with Gasteiger partial charge in [0.25, 0.3) is 0 Å². The Morgan fingerprint density at radius 3 is 2.33 bits per heavy atom. The fourth-order valence-electron chi connectivity index (χ4n) is 11.1. The fourth-order valence-corrected chi connectivity index (χ4v) is 12.2. The fraction of sp³-hybridized carbons (Fsp3) is 0.319. The second-order valence-electron chi connectivity index (χ2n) is 17.9. The summed E-state index contributed by atoms with van der Waals surface area (Å²) < 4.78 is 2.70. The Labute approximate surface area is 306 Å². The van der Waals surface area contributed by atoms with E-state index in [0.29, 0.717) is 0 Å². The summed E-state index contributed by atoms with van der Waals surface area (Å²) in [4.78, 5) is 6.90. The molecular weight excluding hydrogens is 635 g/mol. The number of thiophene rings is 1. The van der Waals surface area contributed by atoms with Crippen molar-refractivity contribution in [1.82, 2.24) is 4.98 Å². The van der Waals surface area contributed by atoms with Crippen LogP contribution in [0.3, 0.4) is 0 Å². The van der Waals surface area contributed by atoms with Gasteiger partial charge in [-0.05, 0) is 76.3 Å². The topological polar surface area (TPSA) is 19.0 Å². The third kappa shape index (κ3) is 3.60. The Hall–Kier alpha value is -4.28. The number of nitrogens with zero attached hydrogens (tertiary/aromatic N) is 1. The second-order valence-corrected chi connectivity index (χ2v) is 19.0. The second kappa shape index (κ2) is 9.58.